The molecule has 0 aliphatic heterocycles. The van der Waals surface area contributed by atoms with Gasteiger partial charge < -0.3 is 37.5 Å². The van der Waals surface area contributed by atoms with Crippen LogP contribution in [0.5, 0.6) is 0 Å². The molecule has 3 unspecified atom stereocenters. The van der Waals surface area contributed by atoms with Crippen LogP contribution in [0.2, 0.25) is 0 Å². The standard InChI is InChI=1S/C18H29N7O6/c1-9(2)15(18(31)22-7-14(27)28)25-17(30)12(5-10-6-21-8-23-10)24-16(29)11(19)3-4-13(20)26/h6,8-9,11-12,15H,3-5,7,19H2,1-2H3,(H2,20,26)(H,21,23)(H,22,31)(H,24,29)(H,25,30)(H,27,28). The first kappa shape index (κ1) is 25.6. The van der Waals surface area contributed by atoms with Crippen LogP contribution in [0.1, 0.15) is 32.4 Å². The van der Waals surface area contributed by atoms with E-state index in [-0.39, 0.29) is 25.2 Å². The summed E-state index contributed by atoms with van der Waals surface area (Å²) in [4.78, 5) is 65.8. The van der Waals surface area contributed by atoms with Gasteiger partial charge in [-0.3, -0.25) is 24.0 Å². The number of primary amides is 1. The van der Waals surface area contributed by atoms with Crippen LogP contribution in [0.3, 0.4) is 0 Å². The van der Waals surface area contributed by atoms with Crippen LogP contribution in [0.25, 0.3) is 0 Å². The number of rotatable bonds is 13. The molecule has 4 amide bonds. The summed E-state index contributed by atoms with van der Waals surface area (Å²) in [6, 6.07) is -3.21. The fourth-order valence-electron chi connectivity index (χ4n) is 2.59. The lowest BCUT2D eigenvalue weighted by molar-refractivity contribution is -0.139. The Bertz CT molecular complexity index is 780. The summed E-state index contributed by atoms with van der Waals surface area (Å²) >= 11 is 0. The van der Waals surface area contributed by atoms with Gasteiger partial charge in [-0.2, -0.15) is 0 Å². The van der Waals surface area contributed by atoms with E-state index in [1.807, 2.05) is 0 Å². The van der Waals surface area contributed by atoms with Crippen molar-refractivity contribution in [3.63, 3.8) is 0 Å². The van der Waals surface area contributed by atoms with E-state index in [2.05, 4.69) is 25.9 Å². The molecule has 1 rings (SSSR count). The van der Waals surface area contributed by atoms with Crippen molar-refractivity contribution in [2.45, 2.75) is 51.2 Å². The third-order valence-corrected chi connectivity index (χ3v) is 4.31. The maximum atomic E-state index is 12.9. The maximum Gasteiger partial charge on any atom is 0.322 e. The second-order valence-corrected chi connectivity index (χ2v) is 7.30. The summed E-state index contributed by atoms with van der Waals surface area (Å²) in [5.41, 5.74) is 11.4. The Kier molecular flexibility index (Phi) is 10.1. The van der Waals surface area contributed by atoms with Gasteiger partial charge in [0.05, 0.1) is 12.4 Å². The Balaban J connectivity index is 2.91. The highest BCUT2D eigenvalue weighted by Gasteiger charge is 2.30. The molecular formula is C18H29N7O6. The Hall–Kier alpha value is -3.48. The fraction of sp³-hybridized carbons (Fsp3) is 0.556. The molecule has 3 atom stereocenters. The second-order valence-electron chi connectivity index (χ2n) is 7.30. The maximum absolute atomic E-state index is 12.9. The van der Waals surface area contributed by atoms with Gasteiger partial charge in [-0.05, 0) is 12.3 Å². The molecule has 0 aromatic carbocycles. The molecular weight excluding hydrogens is 410 g/mol. The van der Waals surface area contributed by atoms with Gasteiger partial charge in [-0.15, -0.1) is 0 Å². The van der Waals surface area contributed by atoms with Crippen LogP contribution in [0.4, 0.5) is 0 Å². The molecule has 0 saturated heterocycles. The van der Waals surface area contributed by atoms with Crippen molar-refractivity contribution >= 4 is 29.6 Å². The highest BCUT2D eigenvalue weighted by atomic mass is 16.4. The van der Waals surface area contributed by atoms with Crippen LogP contribution < -0.4 is 27.4 Å². The number of aromatic amines is 1. The summed E-state index contributed by atoms with van der Waals surface area (Å²) in [5, 5.41) is 16.0. The van der Waals surface area contributed by atoms with E-state index in [1.54, 1.807) is 13.8 Å². The number of carbonyl (C=O) groups excluding carboxylic acids is 4. The summed E-state index contributed by atoms with van der Waals surface area (Å²) in [5.74, 6) is -4.21. The first-order valence-electron chi connectivity index (χ1n) is 9.62. The third-order valence-electron chi connectivity index (χ3n) is 4.31. The van der Waals surface area contributed by atoms with Crippen molar-refractivity contribution in [1.29, 1.82) is 0 Å². The van der Waals surface area contributed by atoms with Gasteiger partial charge in [-0.25, -0.2) is 4.98 Å². The summed E-state index contributed by atoms with van der Waals surface area (Å²) in [6.07, 6.45) is 2.82. The number of hydrogen-bond donors (Lipinski definition) is 7. The lowest BCUT2D eigenvalue weighted by atomic mass is 10.0. The Morgan fingerprint density at radius 1 is 1.13 bits per heavy atom. The SMILES string of the molecule is CC(C)C(NC(=O)C(Cc1cnc[nH]1)NC(=O)C(N)CCC(N)=O)C(=O)NCC(=O)O. The molecule has 9 N–H and O–H groups in total. The van der Waals surface area contributed by atoms with Crippen molar-refractivity contribution in [2.75, 3.05) is 6.54 Å². The topological polar surface area (TPSA) is 222 Å². The Morgan fingerprint density at radius 2 is 1.81 bits per heavy atom. The normalized spacial score (nSPS) is 13.7. The number of nitrogens with one attached hydrogen (secondary N) is 4. The van der Waals surface area contributed by atoms with Gasteiger partial charge in [0.2, 0.25) is 23.6 Å². The number of carboxylic acids is 1. The van der Waals surface area contributed by atoms with E-state index in [4.69, 9.17) is 16.6 Å². The van der Waals surface area contributed by atoms with Crippen LogP contribution in [0, 0.1) is 5.92 Å². The predicted molar refractivity (Wildman–Crippen MR) is 108 cm³/mol. The molecule has 172 valence electrons. The average molecular weight is 439 g/mol. The average Bonchev–Trinajstić information content (AvgIpc) is 3.20. The van der Waals surface area contributed by atoms with Crippen molar-refractivity contribution in [3.8, 4) is 0 Å². The zero-order valence-electron chi connectivity index (χ0n) is 17.4. The molecule has 13 nitrogen and oxygen atoms in total. The summed E-state index contributed by atoms with van der Waals surface area (Å²) in [7, 11) is 0. The van der Waals surface area contributed by atoms with Crippen molar-refractivity contribution in [2.24, 2.45) is 17.4 Å². The van der Waals surface area contributed by atoms with Gasteiger partial charge in [0.15, 0.2) is 0 Å². The Labute approximate surface area is 178 Å². The molecule has 13 heteroatoms. The van der Waals surface area contributed by atoms with Gasteiger partial charge in [0, 0.05) is 24.7 Å². The Morgan fingerprint density at radius 3 is 2.32 bits per heavy atom. The number of hydrogen-bond acceptors (Lipinski definition) is 7. The third kappa shape index (κ3) is 9.25. The number of carboxylic acid groups (broad SMARTS) is 1. The van der Waals surface area contributed by atoms with Gasteiger partial charge in [0.25, 0.3) is 0 Å². The molecule has 1 aromatic rings. The van der Waals surface area contributed by atoms with Crippen molar-refractivity contribution in [1.82, 2.24) is 25.9 Å². The minimum Gasteiger partial charge on any atom is -0.480 e. The lowest BCUT2D eigenvalue weighted by Crippen LogP contribution is -2.58. The number of nitrogens with two attached hydrogens (primary N) is 2. The van der Waals surface area contributed by atoms with Crippen molar-refractivity contribution in [3.05, 3.63) is 18.2 Å². The lowest BCUT2D eigenvalue weighted by Gasteiger charge is -2.25. The number of aliphatic carboxylic acids is 1. The fourth-order valence-corrected chi connectivity index (χ4v) is 2.59. The zero-order valence-corrected chi connectivity index (χ0v) is 17.4. The molecule has 0 spiro atoms. The number of imidazole rings is 1. The molecule has 0 saturated carbocycles. The highest BCUT2D eigenvalue weighted by Crippen LogP contribution is 2.06. The molecule has 0 bridgehead atoms. The number of amides is 4. The number of carbonyl (C=O) groups is 5. The highest BCUT2D eigenvalue weighted by molar-refractivity contribution is 5.94. The quantitative estimate of drug-likeness (QED) is 0.172. The molecule has 1 heterocycles. The second kappa shape index (κ2) is 12.3. The van der Waals surface area contributed by atoms with E-state index in [1.165, 1.54) is 12.5 Å². The molecule has 0 aliphatic rings. The van der Waals surface area contributed by atoms with Crippen LogP contribution in [0.15, 0.2) is 12.5 Å². The first-order chi connectivity index (χ1) is 14.5. The monoisotopic (exact) mass is 439 g/mol. The van der Waals surface area contributed by atoms with E-state index in [0.717, 1.165) is 0 Å². The number of nitrogens with zero attached hydrogens (tertiary/aromatic N) is 1. The molecule has 0 aliphatic carbocycles. The number of aromatic nitrogens is 2. The molecule has 1 aromatic heterocycles. The van der Waals surface area contributed by atoms with Gasteiger partial charge in [0.1, 0.15) is 18.6 Å². The molecule has 31 heavy (non-hydrogen) atoms. The van der Waals surface area contributed by atoms with E-state index < -0.39 is 54.3 Å². The molecule has 0 fully saturated rings. The van der Waals surface area contributed by atoms with Gasteiger partial charge in [-0.1, -0.05) is 13.8 Å². The zero-order chi connectivity index (χ0) is 23.6. The van der Waals surface area contributed by atoms with Gasteiger partial charge >= 0.3 is 5.97 Å². The smallest absolute Gasteiger partial charge is 0.322 e. The number of H-pyrrole nitrogens is 1. The van der Waals surface area contributed by atoms with Crippen LogP contribution in [-0.2, 0) is 30.4 Å². The molecule has 0 radical (unpaired) electrons. The van der Waals surface area contributed by atoms with Crippen molar-refractivity contribution < 1.29 is 29.1 Å². The first-order valence-corrected chi connectivity index (χ1v) is 9.62. The van der Waals surface area contributed by atoms with E-state index in [0.29, 0.717) is 5.69 Å². The predicted octanol–water partition coefficient (Wildman–Crippen LogP) is -2.63. The summed E-state index contributed by atoms with van der Waals surface area (Å²) < 4.78 is 0. The summed E-state index contributed by atoms with van der Waals surface area (Å²) in [6.45, 7) is 2.75. The minimum absolute atomic E-state index is 0.00573. The minimum atomic E-state index is -1.23. The van der Waals surface area contributed by atoms with Crippen LogP contribution in [-0.4, -0.2) is 69.3 Å². The van der Waals surface area contributed by atoms with E-state index in [9.17, 15) is 24.0 Å². The largest absolute Gasteiger partial charge is 0.480 e. The van der Waals surface area contributed by atoms with E-state index >= 15 is 0 Å². The van der Waals surface area contributed by atoms with Crippen LogP contribution >= 0.6 is 0 Å².